The smallest absolute Gasteiger partial charge is 0.198 e. The van der Waals surface area contributed by atoms with Crippen molar-refractivity contribution in [3.05, 3.63) is 11.8 Å². The molecule has 0 saturated carbocycles. The quantitative estimate of drug-likeness (QED) is 0.554. The number of aromatic nitrogens is 5. The molecule has 2 rings (SSSR count). The van der Waals surface area contributed by atoms with Gasteiger partial charge in [0.2, 0.25) is 0 Å². The molecule has 2 aromatic heterocycles. The van der Waals surface area contributed by atoms with Crippen LogP contribution in [0.5, 0.6) is 0 Å². The van der Waals surface area contributed by atoms with E-state index >= 15 is 0 Å². The predicted octanol–water partition coefficient (Wildman–Crippen LogP) is 0.0563. The molecule has 2 aromatic rings. The molecule has 0 amide bonds. The number of fused-ring (bicyclic) bond motifs is 1. The highest BCUT2D eigenvalue weighted by molar-refractivity contribution is 5.71. The van der Waals surface area contributed by atoms with Crippen molar-refractivity contribution < 1.29 is 0 Å². The Kier molecular flexibility index (Phi) is 0.913. The van der Waals surface area contributed by atoms with Crippen LogP contribution in [0.25, 0.3) is 11.2 Å². The van der Waals surface area contributed by atoms with Crippen molar-refractivity contribution in [3.63, 3.8) is 0 Å². The molecule has 50 valence electrons. The van der Waals surface area contributed by atoms with Gasteiger partial charge in [0.1, 0.15) is 5.52 Å². The summed E-state index contributed by atoms with van der Waals surface area (Å²) in [6, 6.07) is 0. The second kappa shape index (κ2) is 1.73. The normalized spacial score (nSPS) is 10.5. The van der Waals surface area contributed by atoms with Gasteiger partial charge in [0.05, 0.1) is 6.20 Å². The van der Waals surface area contributed by atoms with Gasteiger partial charge in [-0.05, 0) is 6.92 Å². The van der Waals surface area contributed by atoms with Crippen molar-refractivity contribution in [1.29, 1.82) is 0 Å². The van der Waals surface area contributed by atoms with Gasteiger partial charge >= 0.3 is 0 Å². The SMILES string of the molecule is Cc1cnnc2[nH]nnc12. The van der Waals surface area contributed by atoms with Gasteiger partial charge in [-0.3, -0.25) is 0 Å². The number of nitrogens with zero attached hydrogens (tertiary/aromatic N) is 4. The number of hydrogen-bond donors (Lipinski definition) is 1. The van der Waals surface area contributed by atoms with E-state index in [1.807, 2.05) is 6.92 Å². The first-order valence-electron chi connectivity index (χ1n) is 2.87. The molecule has 0 saturated heterocycles. The van der Waals surface area contributed by atoms with Gasteiger partial charge in [-0.25, -0.2) is 5.10 Å². The summed E-state index contributed by atoms with van der Waals surface area (Å²) in [6.07, 6.45) is 1.66. The molecule has 0 bridgehead atoms. The number of hydrogen-bond acceptors (Lipinski definition) is 4. The van der Waals surface area contributed by atoms with Gasteiger partial charge in [-0.1, -0.05) is 5.21 Å². The Balaban J connectivity index is 2.95. The van der Waals surface area contributed by atoms with Gasteiger partial charge in [0.25, 0.3) is 0 Å². The van der Waals surface area contributed by atoms with E-state index in [-0.39, 0.29) is 0 Å². The molecule has 0 radical (unpaired) electrons. The highest BCUT2D eigenvalue weighted by Gasteiger charge is 1.99. The van der Waals surface area contributed by atoms with Crippen molar-refractivity contribution in [2.24, 2.45) is 0 Å². The zero-order valence-corrected chi connectivity index (χ0v) is 5.37. The molecular weight excluding hydrogens is 130 g/mol. The van der Waals surface area contributed by atoms with Gasteiger partial charge in [-0.15, -0.1) is 10.2 Å². The summed E-state index contributed by atoms with van der Waals surface area (Å²) < 4.78 is 0. The van der Waals surface area contributed by atoms with Crippen LogP contribution in [0.3, 0.4) is 0 Å². The number of H-pyrrole nitrogens is 1. The number of nitrogens with one attached hydrogen (secondary N) is 1. The maximum Gasteiger partial charge on any atom is 0.198 e. The molecular formula is C5H5N5. The van der Waals surface area contributed by atoms with Crippen LogP contribution >= 0.6 is 0 Å². The minimum Gasteiger partial charge on any atom is -0.239 e. The molecule has 10 heavy (non-hydrogen) atoms. The second-order valence-electron chi connectivity index (χ2n) is 2.04. The molecule has 0 unspecified atom stereocenters. The van der Waals surface area contributed by atoms with Crippen LogP contribution in [0.4, 0.5) is 0 Å². The van der Waals surface area contributed by atoms with E-state index in [1.54, 1.807) is 6.20 Å². The van der Waals surface area contributed by atoms with Crippen LogP contribution in [0.15, 0.2) is 6.20 Å². The lowest BCUT2D eigenvalue weighted by molar-refractivity contribution is 0.946. The van der Waals surface area contributed by atoms with Crippen LogP contribution in [0.1, 0.15) is 5.56 Å². The van der Waals surface area contributed by atoms with Crippen molar-refractivity contribution in [3.8, 4) is 0 Å². The standard InChI is InChI=1S/C5H5N5/c1-3-2-6-8-5-4(3)7-10-9-5/h2H,1H3,(H,7,8,9,10). The summed E-state index contributed by atoms with van der Waals surface area (Å²) in [7, 11) is 0. The Morgan fingerprint density at radius 1 is 1.40 bits per heavy atom. The fourth-order valence-electron chi connectivity index (χ4n) is 0.792. The molecule has 1 N–H and O–H groups in total. The predicted molar refractivity (Wildman–Crippen MR) is 34.2 cm³/mol. The molecule has 0 spiro atoms. The Morgan fingerprint density at radius 2 is 2.30 bits per heavy atom. The number of aryl methyl sites for hydroxylation is 1. The number of aromatic amines is 1. The molecule has 0 fully saturated rings. The summed E-state index contributed by atoms with van der Waals surface area (Å²) in [5, 5.41) is 17.5. The highest BCUT2D eigenvalue weighted by atomic mass is 15.4. The first kappa shape index (κ1) is 5.28. The van der Waals surface area contributed by atoms with E-state index < -0.39 is 0 Å². The molecule has 0 aliphatic rings. The molecule has 2 heterocycles. The molecule has 5 nitrogen and oxygen atoms in total. The lowest BCUT2D eigenvalue weighted by atomic mass is 10.3. The van der Waals surface area contributed by atoms with E-state index in [9.17, 15) is 0 Å². The molecule has 0 aliphatic heterocycles. The largest absolute Gasteiger partial charge is 0.239 e. The Hall–Kier alpha value is -1.52. The van der Waals surface area contributed by atoms with Crippen LogP contribution < -0.4 is 0 Å². The first-order chi connectivity index (χ1) is 4.88. The van der Waals surface area contributed by atoms with Crippen LogP contribution in [0, 0.1) is 6.92 Å². The lowest BCUT2D eigenvalue weighted by Crippen LogP contribution is -1.84. The van der Waals surface area contributed by atoms with Crippen molar-refractivity contribution in [1.82, 2.24) is 25.6 Å². The third-order valence-electron chi connectivity index (χ3n) is 1.31. The minimum atomic E-state index is 0.639. The van der Waals surface area contributed by atoms with Crippen molar-refractivity contribution in [2.75, 3.05) is 0 Å². The summed E-state index contributed by atoms with van der Waals surface area (Å²) in [4.78, 5) is 0. The van der Waals surface area contributed by atoms with Gasteiger partial charge in [0.15, 0.2) is 5.65 Å². The lowest BCUT2D eigenvalue weighted by Gasteiger charge is -1.86. The summed E-state index contributed by atoms with van der Waals surface area (Å²) in [6.45, 7) is 1.92. The van der Waals surface area contributed by atoms with E-state index in [4.69, 9.17) is 0 Å². The van der Waals surface area contributed by atoms with E-state index in [1.165, 1.54) is 0 Å². The maximum atomic E-state index is 3.81. The summed E-state index contributed by atoms with van der Waals surface area (Å²) >= 11 is 0. The Bertz CT molecular complexity index is 352. The van der Waals surface area contributed by atoms with E-state index in [0.717, 1.165) is 11.1 Å². The topological polar surface area (TPSA) is 67.3 Å². The van der Waals surface area contributed by atoms with Crippen LogP contribution in [0.2, 0.25) is 0 Å². The third kappa shape index (κ3) is 0.570. The monoisotopic (exact) mass is 135 g/mol. The zero-order valence-electron chi connectivity index (χ0n) is 5.37. The highest BCUT2D eigenvalue weighted by Crippen LogP contribution is 2.05. The van der Waals surface area contributed by atoms with E-state index in [2.05, 4.69) is 25.6 Å². The Morgan fingerprint density at radius 3 is 3.10 bits per heavy atom. The summed E-state index contributed by atoms with van der Waals surface area (Å²) in [5.74, 6) is 0. The van der Waals surface area contributed by atoms with Crippen LogP contribution in [-0.2, 0) is 0 Å². The molecule has 5 heteroatoms. The summed E-state index contributed by atoms with van der Waals surface area (Å²) in [5.41, 5.74) is 2.41. The first-order valence-corrected chi connectivity index (χ1v) is 2.87. The number of rotatable bonds is 0. The fourth-order valence-corrected chi connectivity index (χ4v) is 0.792. The molecule has 0 atom stereocenters. The van der Waals surface area contributed by atoms with Gasteiger partial charge in [0, 0.05) is 5.56 Å². The Labute approximate surface area is 56.5 Å². The van der Waals surface area contributed by atoms with Crippen molar-refractivity contribution >= 4 is 11.2 Å². The zero-order chi connectivity index (χ0) is 6.97. The van der Waals surface area contributed by atoms with Crippen molar-refractivity contribution in [2.45, 2.75) is 6.92 Å². The third-order valence-corrected chi connectivity index (χ3v) is 1.31. The fraction of sp³-hybridized carbons (Fsp3) is 0.200. The van der Waals surface area contributed by atoms with Gasteiger partial charge in [-0.2, -0.15) is 5.10 Å². The second-order valence-corrected chi connectivity index (χ2v) is 2.04. The minimum absolute atomic E-state index is 0.639. The average Bonchev–Trinajstić information content (AvgIpc) is 2.36. The maximum absolute atomic E-state index is 3.81. The molecule has 0 aliphatic carbocycles. The molecule has 0 aromatic carbocycles. The van der Waals surface area contributed by atoms with Crippen LogP contribution in [-0.4, -0.2) is 25.6 Å². The van der Waals surface area contributed by atoms with Gasteiger partial charge < -0.3 is 0 Å². The van der Waals surface area contributed by atoms with E-state index in [0.29, 0.717) is 5.65 Å². The average molecular weight is 135 g/mol.